The topological polar surface area (TPSA) is 71.4 Å². The number of likely N-dealkylation sites (tertiary alicyclic amines) is 1. The molecule has 0 bridgehead atoms. The molecule has 0 amide bonds. The molecule has 8 heteroatoms. The normalized spacial score (nSPS) is 14.1. The maximum Gasteiger partial charge on any atom is 0.294 e. The second-order valence-corrected chi connectivity index (χ2v) is 12.4. The van der Waals surface area contributed by atoms with Crippen LogP contribution in [0.15, 0.2) is 95.8 Å². The van der Waals surface area contributed by atoms with Gasteiger partial charge in [-0.1, -0.05) is 91.3 Å². The number of hydrogen-bond donors (Lipinski definition) is 2. The van der Waals surface area contributed by atoms with E-state index in [1.54, 1.807) is 11.7 Å². The van der Waals surface area contributed by atoms with Crippen molar-refractivity contribution >= 4 is 28.2 Å². The number of anilines is 1. The first kappa shape index (κ1) is 31.8. The Bertz CT molecular complexity index is 1810. The minimum absolute atomic E-state index is 0.138. The number of benzene rings is 4. The van der Waals surface area contributed by atoms with E-state index in [0.29, 0.717) is 23.2 Å². The molecule has 238 valence electrons. The van der Waals surface area contributed by atoms with Gasteiger partial charge in [0.05, 0.1) is 19.3 Å². The fraction of sp³-hybridized carbons (Fsp3) is 0.316. The van der Waals surface area contributed by atoms with E-state index in [0.717, 1.165) is 68.9 Å². The Morgan fingerprint density at radius 3 is 2.28 bits per heavy atom. The quantitative estimate of drug-likeness (QED) is 0.140. The monoisotopic (exact) mass is 635 g/mol. The zero-order valence-electron chi connectivity index (χ0n) is 26.6. The van der Waals surface area contributed by atoms with Crippen LogP contribution >= 0.6 is 11.6 Å². The van der Waals surface area contributed by atoms with Gasteiger partial charge in [0.2, 0.25) is 0 Å². The van der Waals surface area contributed by atoms with Crippen molar-refractivity contribution in [3.63, 3.8) is 0 Å². The number of methoxy groups -OCH3 is 1. The Morgan fingerprint density at radius 1 is 0.870 bits per heavy atom. The van der Waals surface area contributed by atoms with Crippen LogP contribution in [0.1, 0.15) is 42.9 Å². The molecule has 1 aromatic heterocycles. The summed E-state index contributed by atoms with van der Waals surface area (Å²) in [5, 5.41) is 9.76. The van der Waals surface area contributed by atoms with Gasteiger partial charge < -0.3 is 15.4 Å². The van der Waals surface area contributed by atoms with Crippen molar-refractivity contribution in [2.24, 2.45) is 0 Å². The minimum Gasteiger partial charge on any atom is -0.497 e. The van der Waals surface area contributed by atoms with E-state index in [1.165, 1.54) is 21.9 Å². The molecule has 0 aliphatic carbocycles. The molecule has 1 fully saturated rings. The van der Waals surface area contributed by atoms with Crippen LogP contribution in [0, 0.1) is 0 Å². The molecule has 5 aromatic rings. The summed E-state index contributed by atoms with van der Waals surface area (Å²) in [4.78, 5) is 21.2. The lowest BCUT2D eigenvalue weighted by atomic mass is 10.0. The van der Waals surface area contributed by atoms with Crippen molar-refractivity contribution < 1.29 is 4.74 Å². The Morgan fingerprint density at radius 2 is 1.57 bits per heavy atom. The van der Waals surface area contributed by atoms with Gasteiger partial charge in [0, 0.05) is 37.8 Å². The maximum absolute atomic E-state index is 14.1. The van der Waals surface area contributed by atoms with Crippen molar-refractivity contribution in [1.29, 1.82) is 0 Å². The summed E-state index contributed by atoms with van der Waals surface area (Å²) in [6.45, 7) is 7.07. The summed E-state index contributed by atoms with van der Waals surface area (Å²) >= 11 is 6.92. The summed E-state index contributed by atoms with van der Waals surface area (Å²) in [7, 11) is 1.65. The molecular weight excluding hydrogens is 594 g/mol. The van der Waals surface area contributed by atoms with Gasteiger partial charge in [-0.25, -0.2) is 4.98 Å². The predicted molar refractivity (Wildman–Crippen MR) is 189 cm³/mol. The van der Waals surface area contributed by atoms with Gasteiger partial charge in [0.25, 0.3) is 5.56 Å². The Hall–Kier alpha value is -4.17. The van der Waals surface area contributed by atoms with E-state index in [2.05, 4.69) is 82.0 Å². The van der Waals surface area contributed by atoms with Gasteiger partial charge in [-0.05, 0) is 71.5 Å². The predicted octanol–water partition coefficient (Wildman–Crippen LogP) is 7.35. The van der Waals surface area contributed by atoms with Crippen molar-refractivity contribution in [2.45, 2.75) is 51.9 Å². The maximum atomic E-state index is 14.1. The minimum atomic E-state index is -0.178. The first-order valence-corrected chi connectivity index (χ1v) is 16.6. The summed E-state index contributed by atoms with van der Waals surface area (Å²) in [6.07, 6.45) is 2.92. The lowest BCUT2D eigenvalue weighted by molar-refractivity contribution is 0.211. The van der Waals surface area contributed by atoms with Crippen LogP contribution in [0.2, 0.25) is 5.15 Å². The van der Waals surface area contributed by atoms with E-state index in [1.807, 2.05) is 36.4 Å². The molecule has 0 saturated carbocycles. The number of halogens is 1. The van der Waals surface area contributed by atoms with Crippen molar-refractivity contribution in [3.05, 3.63) is 123 Å². The fourth-order valence-corrected chi connectivity index (χ4v) is 6.48. The number of rotatable bonds is 12. The third kappa shape index (κ3) is 7.61. The lowest BCUT2D eigenvalue weighted by Crippen LogP contribution is -2.40. The third-order valence-corrected chi connectivity index (χ3v) is 9.02. The Balaban J connectivity index is 1.20. The number of aromatic nitrogens is 2. The molecule has 1 saturated heterocycles. The highest BCUT2D eigenvalue weighted by molar-refractivity contribution is 6.32. The first-order valence-electron chi connectivity index (χ1n) is 16.2. The van der Waals surface area contributed by atoms with E-state index in [9.17, 15) is 4.79 Å². The highest BCUT2D eigenvalue weighted by Crippen LogP contribution is 2.29. The number of hydrogen-bond acceptors (Lipinski definition) is 6. The molecule has 0 unspecified atom stereocenters. The number of fused-ring (bicyclic) bond motifs is 1. The Kier molecular flexibility index (Phi) is 10.3. The second kappa shape index (κ2) is 14.9. The summed E-state index contributed by atoms with van der Waals surface area (Å²) in [6, 6.07) is 31.3. The van der Waals surface area contributed by atoms with Crippen LogP contribution in [-0.2, 0) is 19.6 Å². The highest BCUT2D eigenvalue weighted by atomic mass is 35.5. The fourth-order valence-electron chi connectivity index (χ4n) is 6.19. The highest BCUT2D eigenvalue weighted by Gasteiger charge is 2.23. The lowest BCUT2D eigenvalue weighted by Gasteiger charge is -2.32. The first-order chi connectivity index (χ1) is 22.5. The number of nitrogens with zero attached hydrogens (tertiary/aromatic N) is 3. The molecule has 1 aliphatic rings. The van der Waals surface area contributed by atoms with Crippen molar-refractivity contribution in [1.82, 2.24) is 19.8 Å². The number of piperidine rings is 1. The molecule has 1 aliphatic heterocycles. The molecule has 6 rings (SSSR count). The summed E-state index contributed by atoms with van der Waals surface area (Å²) in [5.41, 5.74) is 4.76. The molecule has 2 N–H and O–H groups in total. The number of nitrogens with one attached hydrogen (secondary N) is 2. The zero-order chi connectivity index (χ0) is 31.9. The molecule has 7 nitrogen and oxygen atoms in total. The van der Waals surface area contributed by atoms with Gasteiger partial charge in [-0.15, -0.1) is 0 Å². The van der Waals surface area contributed by atoms with Crippen LogP contribution in [-0.4, -0.2) is 47.2 Å². The molecule has 0 radical (unpaired) electrons. The van der Waals surface area contributed by atoms with Gasteiger partial charge in [-0.3, -0.25) is 14.3 Å². The number of ether oxygens (including phenoxy) is 1. The Labute approximate surface area is 276 Å². The van der Waals surface area contributed by atoms with Crippen LogP contribution in [0.5, 0.6) is 5.75 Å². The van der Waals surface area contributed by atoms with Crippen molar-refractivity contribution in [3.8, 4) is 17.0 Å². The van der Waals surface area contributed by atoms with E-state index >= 15 is 0 Å². The van der Waals surface area contributed by atoms with Crippen LogP contribution < -0.4 is 20.9 Å². The van der Waals surface area contributed by atoms with E-state index in [-0.39, 0.29) is 11.6 Å². The molecule has 2 heterocycles. The smallest absolute Gasteiger partial charge is 0.294 e. The molecule has 0 spiro atoms. The second-order valence-electron chi connectivity index (χ2n) is 12.1. The standard InChI is InChI=1S/C38H42ClN5O2/c1-3-20-40-24-27-8-14-31(15-9-27)35-36(39)42-37(38(45)44(35)26-28-11-16-34(46-2)17-12-28)41-33-18-21-43(22-19-33)25-29-10-13-30-6-4-5-7-32(30)23-29/h4-17,23,33,40H,3,18-22,24-26H2,1-2H3,(H,41,42). The van der Waals surface area contributed by atoms with Gasteiger partial charge in [-0.2, -0.15) is 0 Å². The van der Waals surface area contributed by atoms with Crippen molar-refractivity contribution in [2.75, 3.05) is 32.1 Å². The SMILES string of the molecule is CCCNCc1ccc(-c2c(Cl)nc(NC3CCN(Cc4ccc5ccccc5c4)CC3)c(=O)n2Cc2ccc(OC)cc2)cc1. The van der Waals surface area contributed by atoms with Gasteiger partial charge in [0.15, 0.2) is 11.0 Å². The van der Waals surface area contributed by atoms with Crippen LogP contribution in [0.4, 0.5) is 5.82 Å². The molecule has 0 atom stereocenters. The summed E-state index contributed by atoms with van der Waals surface area (Å²) in [5.74, 6) is 1.07. The third-order valence-electron chi connectivity index (χ3n) is 8.75. The van der Waals surface area contributed by atoms with Crippen LogP contribution in [0.3, 0.4) is 0 Å². The van der Waals surface area contributed by atoms with Gasteiger partial charge in [0.1, 0.15) is 5.75 Å². The summed E-state index contributed by atoms with van der Waals surface area (Å²) < 4.78 is 7.09. The zero-order valence-corrected chi connectivity index (χ0v) is 27.4. The average Bonchev–Trinajstić information content (AvgIpc) is 3.09. The van der Waals surface area contributed by atoms with E-state index in [4.69, 9.17) is 16.3 Å². The van der Waals surface area contributed by atoms with Crippen LogP contribution in [0.25, 0.3) is 22.0 Å². The van der Waals surface area contributed by atoms with Gasteiger partial charge >= 0.3 is 0 Å². The largest absolute Gasteiger partial charge is 0.497 e. The molecule has 4 aromatic carbocycles. The average molecular weight is 636 g/mol. The van der Waals surface area contributed by atoms with E-state index < -0.39 is 0 Å². The molecule has 46 heavy (non-hydrogen) atoms. The molecular formula is C38H42ClN5O2.